The highest BCUT2D eigenvalue weighted by Crippen LogP contribution is 2.16. The molecule has 3 N–H and O–H groups in total. The second kappa shape index (κ2) is 45.4. The topological polar surface area (TPSA) is 95.9 Å². The molecule has 0 aliphatic rings. The molecule has 0 saturated heterocycles. The third-order valence-electron chi connectivity index (χ3n) is 10.5. The summed E-state index contributed by atoms with van der Waals surface area (Å²) in [6.07, 6.45) is 56.9. The van der Waals surface area contributed by atoms with Gasteiger partial charge in [-0.2, -0.15) is 0 Å². The van der Waals surface area contributed by atoms with Crippen LogP contribution in [-0.4, -0.2) is 46.9 Å². The van der Waals surface area contributed by atoms with Crippen LogP contribution in [-0.2, 0) is 14.3 Å². The second-order valence-corrected chi connectivity index (χ2v) is 16.1. The minimum atomic E-state index is -0.814. The molecule has 6 nitrogen and oxygen atoms in total. The van der Waals surface area contributed by atoms with Gasteiger partial charge < -0.3 is 20.3 Å². The molecule has 0 radical (unpaired) electrons. The average Bonchev–Trinajstić information content (AvgIpc) is 3.22. The van der Waals surface area contributed by atoms with E-state index in [0.717, 1.165) is 83.5 Å². The fourth-order valence-electron chi connectivity index (χ4n) is 6.84. The van der Waals surface area contributed by atoms with E-state index in [0.29, 0.717) is 19.3 Å². The number of esters is 1. The van der Waals surface area contributed by atoms with Gasteiger partial charge in [-0.1, -0.05) is 209 Å². The molecule has 0 aliphatic carbocycles. The minimum absolute atomic E-state index is 0.00617. The van der Waals surface area contributed by atoms with E-state index in [4.69, 9.17) is 4.74 Å². The summed E-state index contributed by atoms with van der Waals surface area (Å²) in [6, 6.07) is -0.735. The number of carbonyl (C=O) groups is 2. The Morgan fingerprint density at radius 2 is 0.983 bits per heavy atom. The lowest BCUT2D eigenvalue weighted by molar-refractivity contribution is -0.150. The molecule has 1 amide bonds. The van der Waals surface area contributed by atoms with Crippen molar-refractivity contribution in [3.05, 3.63) is 72.9 Å². The lowest BCUT2D eigenvalue weighted by atomic mass is 10.0. The zero-order chi connectivity index (χ0) is 42.4. The fraction of sp³-hybridized carbons (Fsp3) is 0.731. The lowest BCUT2D eigenvalue weighted by Gasteiger charge is -2.24. The molecular formula is C52H91NO5. The molecule has 3 atom stereocenters. The number of hydrogen-bond acceptors (Lipinski definition) is 5. The number of hydrogen-bond donors (Lipinski definition) is 3. The fourth-order valence-corrected chi connectivity index (χ4v) is 6.84. The Kier molecular flexibility index (Phi) is 43.3. The Morgan fingerprint density at radius 3 is 1.50 bits per heavy atom. The van der Waals surface area contributed by atoms with Gasteiger partial charge in [-0.3, -0.25) is 9.59 Å². The van der Waals surface area contributed by atoms with Gasteiger partial charge in [0.1, 0.15) is 6.10 Å². The molecule has 0 fully saturated rings. The van der Waals surface area contributed by atoms with Crippen molar-refractivity contribution in [1.29, 1.82) is 0 Å². The summed E-state index contributed by atoms with van der Waals surface area (Å²) in [7, 11) is 0. The highest BCUT2D eigenvalue weighted by atomic mass is 16.5. The summed E-state index contributed by atoms with van der Waals surface area (Å²) in [5.74, 6) is -0.595. The third kappa shape index (κ3) is 40.1. The van der Waals surface area contributed by atoms with E-state index in [1.54, 1.807) is 0 Å². The standard InChI is InChI=1S/C52H91NO5/c1-4-7-10-13-16-19-22-24-25-27-29-31-34-37-40-43-48(58-52(57)45-42-39-36-33-28-21-18-15-12-9-6-3)46-51(56)53-49(47-54)50(55)44-41-38-35-32-30-26-23-20-17-14-11-8-5-2/h7,10,15-16,18-19,24-25,29,31,37,40,48-50,54-55H,4-6,8-9,11-14,17,20-23,26-28,30,32-36,38-39,41-47H2,1-3H3,(H,53,56)/b10-7-,18-15-,19-16-,25-24-,31-29-,40-37-. The van der Waals surface area contributed by atoms with E-state index in [1.165, 1.54) is 89.9 Å². The van der Waals surface area contributed by atoms with Crippen molar-refractivity contribution >= 4 is 11.9 Å². The Morgan fingerprint density at radius 1 is 0.534 bits per heavy atom. The number of unbranched alkanes of at least 4 members (excludes halogenated alkanes) is 19. The van der Waals surface area contributed by atoms with E-state index in [9.17, 15) is 19.8 Å². The lowest BCUT2D eigenvalue weighted by Crippen LogP contribution is -2.46. The van der Waals surface area contributed by atoms with Crippen molar-refractivity contribution in [1.82, 2.24) is 5.32 Å². The number of ether oxygens (including phenoxy) is 1. The molecule has 3 unspecified atom stereocenters. The average molecular weight is 810 g/mol. The first-order valence-electron chi connectivity index (χ1n) is 24.2. The summed E-state index contributed by atoms with van der Waals surface area (Å²) in [5.41, 5.74) is 0. The number of aliphatic hydroxyl groups is 2. The van der Waals surface area contributed by atoms with Crippen LogP contribution in [0.25, 0.3) is 0 Å². The number of amides is 1. The van der Waals surface area contributed by atoms with Gasteiger partial charge >= 0.3 is 5.97 Å². The summed E-state index contributed by atoms with van der Waals surface area (Å²) in [5, 5.41) is 23.7. The van der Waals surface area contributed by atoms with Crippen LogP contribution in [0.4, 0.5) is 0 Å². The Balaban J connectivity index is 4.75. The van der Waals surface area contributed by atoms with Crippen LogP contribution >= 0.6 is 0 Å². The van der Waals surface area contributed by atoms with Gasteiger partial charge in [0.15, 0.2) is 0 Å². The van der Waals surface area contributed by atoms with Crippen molar-refractivity contribution in [3.8, 4) is 0 Å². The molecule has 58 heavy (non-hydrogen) atoms. The molecule has 334 valence electrons. The van der Waals surface area contributed by atoms with Crippen LogP contribution in [0.2, 0.25) is 0 Å². The van der Waals surface area contributed by atoms with Gasteiger partial charge in [-0.25, -0.2) is 0 Å². The van der Waals surface area contributed by atoms with E-state index in [1.807, 2.05) is 12.2 Å². The highest BCUT2D eigenvalue weighted by Gasteiger charge is 2.23. The number of carbonyl (C=O) groups excluding carboxylic acids is 2. The molecule has 0 heterocycles. The van der Waals surface area contributed by atoms with Crippen LogP contribution in [0, 0.1) is 0 Å². The molecule has 0 aromatic heterocycles. The SMILES string of the molecule is CC/C=C\C/C=C\C/C=C\C/C=C\C/C=C\CC(CC(=O)NC(CO)C(O)CCCCCCCCCCCCCCC)OC(=O)CCCCCCC/C=C\CCCC. The molecule has 6 heteroatoms. The molecular weight excluding hydrogens is 719 g/mol. The first kappa shape index (κ1) is 55.3. The third-order valence-corrected chi connectivity index (χ3v) is 10.5. The van der Waals surface area contributed by atoms with E-state index in [-0.39, 0.29) is 24.9 Å². The monoisotopic (exact) mass is 810 g/mol. The molecule has 0 aliphatic heterocycles. The van der Waals surface area contributed by atoms with Crippen LogP contribution < -0.4 is 5.32 Å². The number of nitrogens with one attached hydrogen (secondary N) is 1. The van der Waals surface area contributed by atoms with Crippen molar-refractivity contribution in [2.45, 2.75) is 238 Å². The number of aliphatic hydroxyl groups excluding tert-OH is 2. The smallest absolute Gasteiger partial charge is 0.306 e. The molecule has 0 aromatic carbocycles. The normalized spacial score (nSPS) is 13.9. The summed E-state index contributed by atoms with van der Waals surface area (Å²) in [6.45, 7) is 6.29. The molecule has 0 spiro atoms. The van der Waals surface area contributed by atoms with Crippen LogP contribution in [0.1, 0.15) is 220 Å². The first-order valence-corrected chi connectivity index (χ1v) is 24.2. The summed E-state index contributed by atoms with van der Waals surface area (Å²) < 4.78 is 5.84. The summed E-state index contributed by atoms with van der Waals surface area (Å²) >= 11 is 0. The Hall–Kier alpha value is -2.70. The zero-order valence-corrected chi connectivity index (χ0v) is 37.9. The maximum absolute atomic E-state index is 13.1. The maximum atomic E-state index is 13.1. The molecule has 0 saturated carbocycles. The van der Waals surface area contributed by atoms with Crippen molar-refractivity contribution in [2.75, 3.05) is 6.61 Å². The molecule has 0 bridgehead atoms. The van der Waals surface area contributed by atoms with Gasteiger partial charge in [0, 0.05) is 12.8 Å². The zero-order valence-electron chi connectivity index (χ0n) is 37.9. The predicted octanol–water partition coefficient (Wildman–Crippen LogP) is 14.2. The molecule has 0 aromatic rings. The Labute approximate surface area is 358 Å². The van der Waals surface area contributed by atoms with Crippen LogP contribution in [0.5, 0.6) is 0 Å². The quantitative estimate of drug-likeness (QED) is 0.0324. The number of allylic oxidation sites excluding steroid dienone is 11. The Bertz CT molecular complexity index is 1090. The van der Waals surface area contributed by atoms with E-state index < -0.39 is 18.2 Å². The van der Waals surface area contributed by atoms with Crippen molar-refractivity contribution in [2.24, 2.45) is 0 Å². The van der Waals surface area contributed by atoms with Crippen LogP contribution in [0.3, 0.4) is 0 Å². The van der Waals surface area contributed by atoms with Gasteiger partial charge in [0.2, 0.25) is 5.91 Å². The van der Waals surface area contributed by atoms with E-state index >= 15 is 0 Å². The maximum Gasteiger partial charge on any atom is 0.306 e. The highest BCUT2D eigenvalue weighted by molar-refractivity contribution is 5.77. The van der Waals surface area contributed by atoms with E-state index in [2.05, 4.69) is 86.8 Å². The van der Waals surface area contributed by atoms with Gasteiger partial charge in [-0.05, 0) is 64.2 Å². The van der Waals surface area contributed by atoms with Crippen molar-refractivity contribution in [3.63, 3.8) is 0 Å². The van der Waals surface area contributed by atoms with Gasteiger partial charge in [-0.15, -0.1) is 0 Å². The summed E-state index contributed by atoms with van der Waals surface area (Å²) in [4.78, 5) is 26.0. The van der Waals surface area contributed by atoms with Crippen LogP contribution in [0.15, 0.2) is 72.9 Å². The van der Waals surface area contributed by atoms with Gasteiger partial charge in [0.05, 0.1) is 25.2 Å². The van der Waals surface area contributed by atoms with Crippen molar-refractivity contribution < 1.29 is 24.5 Å². The van der Waals surface area contributed by atoms with Gasteiger partial charge in [0.25, 0.3) is 0 Å². The predicted molar refractivity (Wildman–Crippen MR) is 250 cm³/mol. The second-order valence-electron chi connectivity index (χ2n) is 16.1. The minimum Gasteiger partial charge on any atom is -0.461 e. The largest absolute Gasteiger partial charge is 0.461 e. The molecule has 0 rings (SSSR count). The number of rotatable bonds is 42. The first-order chi connectivity index (χ1) is 28.5.